The molecule has 0 radical (unpaired) electrons. The Morgan fingerprint density at radius 2 is 1.55 bits per heavy atom. The molecule has 4 nitrogen and oxygen atoms in total. The normalized spacial score (nSPS) is 11.1. The zero-order valence-electron chi connectivity index (χ0n) is 16.6. The van der Waals surface area contributed by atoms with Crippen LogP contribution in [0.1, 0.15) is 11.1 Å². The van der Waals surface area contributed by atoms with Crippen molar-refractivity contribution >= 4 is 11.0 Å². The predicted molar refractivity (Wildman–Crippen MR) is 116 cm³/mol. The largest absolute Gasteiger partial charge is 0.497 e. The van der Waals surface area contributed by atoms with E-state index in [1.165, 1.54) is 11.1 Å². The Bertz CT molecular complexity index is 1160. The lowest BCUT2D eigenvalue weighted by molar-refractivity contribution is 0.319. The summed E-state index contributed by atoms with van der Waals surface area (Å²) in [4.78, 5) is 14.7. The fourth-order valence-corrected chi connectivity index (χ4v) is 3.47. The Morgan fingerprint density at radius 3 is 2.24 bits per heavy atom. The summed E-state index contributed by atoms with van der Waals surface area (Å²) in [6.07, 6.45) is 0. The molecule has 0 saturated heterocycles. The van der Waals surface area contributed by atoms with E-state index in [4.69, 9.17) is 9.15 Å². The van der Waals surface area contributed by atoms with Gasteiger partial charge in [-0.2, -0.15) is 0 Å². The molecule has 0 aliphatic carbocycles. The van der Waals surface area contributed by atoms with E-state index in [1.54, 1.807) is 13.2 Å². The molecule has 1 heterocycles. The topological polar surface area (TPSA) is 42.7 Å². The number of hydrogen-bond acceptors (Lipinski definition) is 4. The maximum atomic E-state index is 12.5. The van der Waals surface area contributed by atoms with Crippen LogP contribution < -0.4 is 10.4 Å². The highest BCUT2D eigenvalue weighted by Gasteiger charge is 2.09. The molecule has 146 valence electrons. The number of fused-ring (bicyclic) bond motifs is 1. The first-order valence-corrected chi connectivity index (χ1v) is 9.56. The Morgan fingerprint density at radius 1 is 0.862 bits per heavy atom. The van der Waals surface area contributed by atoms with Crippen LogP contribution >= 0.6 is 0 Å². The Hall–Kier alpha value is -3.37. The molecule has 0 aliphatic rings. The Labute approximate surface area is 170 Å². The highest BCUT2D eigenvalue weighted by Crippen LogP contribution is 2.24. The van der Waals surface area contributed by atoms with Gasteiger partial charge in [0.1, 0.15) is 11.3 Å². The maximum absolute atomic E-state index is 12.5. The van der Waals surface area contributed by atoms with Crippen LogP contribution in [0.25, 0.3) is 22.1 Å². The molecule has 0 atom stereocenters. The lowest BCUT2D eigenvalue weighted by Gasteiger charge is -2.17. The lowest BCUT2D eigenvalue weighted by atomic mass is 10.0. The van der Waals surface area contributed by atoms with Gasteiger partial charge in [-0.05, 0) is 41.9 Å². The highest BCUT2D eigenvalue weighted by molar-refractivity contribution is 5.82. The van der Waals surface area contributed by atoms with Gasteiger partial charge in [0, 0.05) is 24.5 Å². The third-order valence-corrected chi connectivity index (χ3v) is 4.96. The van der Waals surface area contributed by atoms with E-state index in [1.807, 2.05) is 36.4 Å². The molecule has 0 aliphatic heterocycles. The zero-order chi connectivity index (χ0) is 20.2. The van der Waals surface area contributed by atoms with E-state index in [0.29, 0.717) is 16.9 Å². The minimum absolute atomic E-state index is 0.348. The summed E-state index contributed by atoms with van der Waals surface area (Å²) in [5, 5.41) is 0.868. The van der Waals surface area contributed by atoms with Gasteiger partial charge in [0.15, 0.2) is 0 Å². The Kier molecular flexibility index (Phi) is 5.45. The molecule has 0 N–H and O–H groups in total. The van der Waals surface area contributed by atoms with Gasteiger partial charge < -0.3 is 9.15 Å². The molecule has 0 saturated carbocycles. The maximum Gasteiger partial charge on any atom is 0.344 e. The molecule has 4 aromatic rings. The van der Waals surface area contributed by atoms with Gasteiger partial charge in [0.05, 0.1) is 12.7 Å². The monoisotopic (exact) mass is 385 g/mol. The first kappa shape index (κ1) is 19.0. The number of hydrogen-bond donors (Lipinski definition) is 0. The number of rotatable bonds is 6. The average molecular weight is 385 g/mol. The molecule has 0 bridgehead atoms. The zero-order valence-corrected chi connectivity index (χ0v) is 16.6. The van der Waals surface area contributed by atoms with Crippen molar-refractivity contribution in [1.82, 2.24) is 4.90 Å². The van der Waals surface area contributed by atoms with Crippen molar-refractivity contribution in [3.05, 3.63) is 100 Å². The molecule has 0 fully saturated rings. The summed E-state index contributed by atoms with van der Waals surface area (Å²) in [6.45, 7) is 1.72. The number of ether oxygens (including phenoxy) is 1. The second-order valence-corrected chi connectivity index (χ2v) is 7.21. The van der Waals surface area contributed by atoms with Gasteiger partial charge >= 0.3 is 5.63 Å². The summed E-state index contributed by atoms with van der Waals surface area (Å²) in [5.41, 5.74) is 4.08. The molecule has 3 aromatic carbocycles. The summed E-state index contributed by atoms with van der Waals surface area (Å²) in [7, 11) is 3.69. The minimum Gasteiger partial charge on any atom is -0.497 e. The van der Waals surface area contributed by atoms with Crippen molar-refractivity contribution in [3.63, 3.8) is 0 Å². The second-order valence-electron chi connectivity index (χ2n) is 7.21. The van der Waals surface area contributed by atoms with Gasteiger partial charge in [-0.15, -0.1) is 0 Å². The van der Waals surface area contributed by atoms with Crippen LogP contribution in [0.5, 0.6) is 5.75 Å². The predicted octanol–water partition coefficient (Wildman–Crippen LogP) is 5.10. The van der Waals surface area contributed by atoms with E-state index in [0.717, 1.165) is 24.0 Å². The van der Waals surface area contributed by atoms with E-state index < -0.39 is 0 Å². The van der Waals surface area contributed by atoms with Gasteiger partial charge in [-0.1, -0.05) is 54.6 Å². The third kappa shape index (κ3) is 4.39. The van der Waals surface area contributed by atoms with Crippen LogP contribution in [-0.4, -0.2) is 19.1 Å². The molecular weight excluding hydrogens is 362 g/mol. The van der Waals surface area contributed by atoms with Crippen LogP contribution in [0.2, 0.25) is 0 Å². The SMILES string of the molecule is COc1ccc2cc(-c3ccc(CN(C)Cc4ccccc4)cc3)c(=O)oc2c1. The van der Waals surface area contributed by atoms with Gasteiger partial charge in [0.25, 0.3) is 0 Å². The number of methoxy groups -OCH3 is 1. The van der Waals surface area contributed by atoms with Crippen LogP contribution in [-0.2, 0) is 13.1 Å². The molecule has 0 spiro atoms. The average Bonchev–Trinajstić information content (AvgIpc) is 2.74. The van der Waals surface area contributed by atoms with Crippen LogP contribution in [0.4, 0.5) is 0 Å². The van der Waals surface area contributed by atoms with Crippen molar-refractivity contribution in [2.75, 3.05) is 14.2 Å². The third-order valence-electron chi connectivity index (χ3n) is 4.96. The van der Waals surface area contributed by atoms with Crippen LogP contribution in [0.15, 0.2) is 88.1 Å². The Balaban J connectivity index is 1.53. The number of nitrogens with zero attached hydrogens (tertiary/aromatic N) is 1. The van der Waals surface area contributed by atoms with Crippen LogP contribution in [0.3, 0.4) is 0 Å². The summed E-state index contributed by atoms with van der Waals surface area (Å²) in [6, 6.07) is 25.9. The van der Waals surface area contributed by atoms with E-state index in [2.05, 4.69) is 48.3 Å². The summed E-state index contributed by atoms with van der Waals surface area (Å²) < 4.78 is 10.7. The summed E-state index contributed by atoms with van der Waals surface area (Å²) in [5.74, 6) is 0.664. The van der Waals surface area contributed by atoms with Crippen molar-refractivity contribution in [2.45, 2.75) is 13.1 Å². The first-order chi connectivity index (χ1) is 14.1. The smallest absolute Gasteiger partial charge is 0.344 e. The standard InChI is InChI=1S/C25H23NO3/c1-26(16-18-6-4-3-5-7-18)17-19-8-10-20(11-9-19)23-14-21-12-13-22(28-2)15-24(21)29-25(23)27/h3-15H,16-17H2,1-2H3. The lowest BCUT2D eigenvalue weighted by Crippen LogP contribution is -2.17. The first-order valence-electron chi connectivity index (χ1n) is 9.56. The molecule has 0 unspecified atom stereocenters. The van der Waals surface area contributed by atoms with Gasteiger partial charge in [-0.25, -0.2) is 4.79 Å². The van der Waals surface area contributed by atoms with Crippen molar-refractivity contribution in [1.29, 1.82) is 0 Å². The molecular formula is C25H23NO3. The molecule has 4 rings (SSSR count). The molecule has 29 heavy (non-hydrogen) atoms. The van der Waals surface area contributed by atoms with E-state index in [9.17, 15) is 4.79 Å². The molecule has 4 heteroatoms. The highest BCUT2D eigenvalue weighted by atomic mass is 16.5. The van der Waals surface area contributed by atoms with Crippen LogP contribution in [0, 0.1) is 0 Å². The van der Waals surface area contributed by atoms with Crippen molar-refractivity contribution < 1.29 is 9.15 Å². The molecule has 0 amide bonds. The van der Waals surface area contributed by atoms with Gasteiger partial charge in [0.2, 0.25) is 0 Å². The van der Waals surface area contributed by atoms with E-state index in [-0.39, 0.29) is 5.63 Å². The minimum atomic E-state index is -0.348. The number of benzene rings is 3. The van der Waals surface area contributed by atoms with Gasteiger partial charge in [-0.3, -0.25) is 4.90 Å². The second kappa shape index (κ2) is 8.33. The quantitative estimate of drug-likeness (QED) is 0.433. The fourth-order valence-electron chi connectivity index (χ4n) is 3.47. The van der Waals surface area contributed by atoms with Crippen molar-refractivity contribution in [2.24, 2.45) is 0 Å². The summed E-state index contributed by atoms with van der Waals surface area (Å²) >= 11 is 0. The van der Waals surface area contributed by atoms with Crippen molar-refractivity contribution in [3.8, 4) is 16.9 Å². The van der Waals surface area contributed by atoms with E-state index >= 15 is 0 Å². The fraction of sp³-hybridized carbons (Fsp3) is 0.160. The molecule has 1 aromatic heterocycles.